The van der Waals surface area contributed by atoms with Gasteiger partial charge in [0.25, 0.3) is 11.8 Å². The van der Waals surface area contributed by atoms with Crippen molar-refractivity contribution in [3.05, 3.63) is 81.1 Å². The number of nitrogens with two attached hydrogens (primary N) is 1. The van der Waals surface area contributed by atoms with E-state index in [1.54, 1.807) is 18.2 Å². The van der Waals surface area contributed by atoms with E-state index in [0.29, 0.717) is 42.9 Å². The second kappa shape index (κ2) is 12.0. The molecule has 0 aliphatic carbocycles. The Labute approximate surface area is 244 Å². The van der Waals surface area contributed by atoms with Gasteiger partial charge in [0.1, 0.15) is 11.4 Å². The summed E-state index contributed by atoms with van der Waals surface area (Å²) in [5.41, 5.74) is 8.30. The summed E-state index contributed by atoms with van der Waals surface area (Å²) in [5, 5.41) is 17.7. The molecule has 1 aromatic carbocycles. The van der Waals surface area contributed by atoms with Gasteiger partial charge in [-0.25, -0.2) is 14.8 Å². The number of carboxylic acid groups (broad SMARTS) is 1. The highest BCUT2D eigenvalue weighted by Crippen LogP contribution is 2.43. The average molecular weight is 592 g/mol. The van der Waals surface area contributed by atoms with Crippen LogP contribution in [0.1, 0.15) is 55.8 Å². The molecule has 0 saturated heterocycles. The van der Waals surface area contributed by atoms with Crippen LogP contribution in [0.25, 0.3) is 21.6 Å². The normalized spacial score (nSPS) is 12.0. The number of nitrogens with zero attached hydrogens (tertiary/aromatic N) is 2. The summed E-state index contributed by atoms with van der Waals surface area (Å²) in [4.78, 5) is 48.0. The molecular weight excluding hydrogens is 566 g/mol. The smallest absolute Gasteiger partial charge is 0.355 e. The van der Waals surface area contributed by atoms with Crippen LogP contribution in [0, 0.1) is 0 Å². The van der Waals surface area contributed by atoms with Crippen molar-refractivity contribution in [1.29, 1.82) is 0 Å². The molecule has 10 nitrogen and oxygen atoms in total. The Bertz CT molecular complexity index is 1670. The molecule has 4 aromatic rings. The van der Waals surface area contributed by atoms with Crippen molar-refractivity contribution in [3.63, 3.8) is 0 Å². The number of carbonyl (C=O) groups excluding carboxylic acids is 2. The van der Waals surface area contributed by atoms with Crippen molar-refractivity contribution >= 4 is 46.5 Å². The van der Waals surface area contributed by atoms with Crippen molar-refractivity contribution in [2.45, 2.75) is 26.3 Å². The highest BCUT2D eigenvalue weighted by molar-refractivity contribution is 7.13. The van der Waals surface area contributed by atoms with E-state index in [9.17, 15) is 19.5 Å². The van der Waals surface area contributed by atoms with E-state index in [1.165, 1.54) is 29.7 Å². The highest BCUT2D eigenvalue weighted by atomic mass is 35.5. The minimum atomic E-state index is -1.35. The quantitative estimate of drug-likeness (QED) is 0.223. The van der Waals surface area contributed by atoms with Gasteiger partial charge in [-0.2, -0.15) is 0 Å². The first-order valence-electron chi connectivity index (χ1n) is 12.9. The van der Waals surface area contributed by atoms with Gasteiger partial charge in [-0.1, -0.05) is 18.5 Å². The molecule has 4 heterocycles. The molecule has 1 aliphatic heterocycles. The second-order valence-electron chi connectivity index (χ2n) is 9.25. The maximum atomic E-state index is 13.8. The molecule has 0 bridgehead atoms. The van der Waals surface area contributed by atoms with Gasteiger partial charge in [-0.15, -0.1) is 11.3 Å². The fraction of sp³-hybridized carbons (Fsp3) is 0.207. The lowest BCUT2D eigenvalue weighted by Crippen LogP contribution is -2.25. The Morgan fingerprint density at radius 2 is 1.95 bits per heavy atom. The third kappa shape index (κ3) is 5.78. The Morgan fingerprint density at radius 1 is 1.12 bits per heavy atom. The number of rotatable bonds is 8. The molecule has 0 radical (unpaired) electrons. The number of fused-ring (bicyclic) bond motifs is 3. The second-order valence-corrected chi connectivity index (χ2v) is 10.6. The monoisotopic (exact) mass is 591 g/mol. The summed E-state index contributed by atoms with van der Waals surface area (Å²) in [5.74, 6) is -1.78. The molecule has 0 saturated carbocycles. The summed E-state index contributed by atoms with van der Waals surface area (Å²) < 4.78 is 6.05. The van der Waals surface area contributed by atoms with Gasteiger partial charge >= 0.3 is 5.97 Å². The fourth-order valence-corrected chi connectivity index (χ4v) is 5.69. The van der Waals surface area contributed by atoms with Crippen LogP contribution < -0.4 is 21.1 Å². The molecule has 41 heavy (non-hydrogen) atoms. The van der Waals surface area contributed by atoms with Crippen molar-refractivity contribution < 1.29 is 24.2 Å². The maximum Gasteiger partial charge on any atom is 0.355 e. The Hall–Kier alpha value is -4.32. The van der Waals surface area contributed by atoms with E-state index in [2.05, 4.69) is 20.6 Å². The number of benzene rings is 1. The van der Waals surface area contributed by atoms with Crippen LogP contribution in [-0.4, -0.2) is 46.0 Å². The lowest BCUT2D eigenvalue weighted by Gasteiger charge is -2.17. The van der Waals surface area contributed by atoms with E-state index in [0.717, 1.165) is 10.4 Å². The molecule has 12 heteroatoms. The van der Waals surface area contributed by atoms with Gasteiger partial charge in [0.15, 0.2) is 11.5 Å². The van der Waals surface area contributed by atoms with Gasteiger partial charge in [-0.3, -0.25) is 9.59 Å². The van der Waals surface area contributed by atoms with Crippen LogP contribution in [0.3, 0.4) is 0 Å². The molecule has 3 aromatic heterocycles. The summed E-state index contributed by atoms with van der Waals surface area (Å²) in [6.45, 7) is 2.97. The number of ether oxygens (including phenoxy) is 1. The van der Waals surface area contributed by atoms with Crippen LogP contribution in [0.15, 0.2) is 48.0 Å². The van der Waals surface area contributed by atoms with E-state index >= 15 is 0 Å². The molecule has 1 aliphatic rings. The first kappa shape index (κ1) is 28.2. The number of hydrogen-bond donors (Lipinski definition) is 4. The predicted molar refractivity (Wildman–Crippen MR) is 157 cm³/mol. The number of halogens is 1. The van der Waals surface area contributed by atoms with Gasteiger partial charge in [-0.05, 0) is 59.3 Å². The molecule has 0 spiro atoms. The van der Waals surface area contributed by atoms with Crippen molar-refractivity contribution in [2.24, 2.45) is 5.73 Å². The Kier molecular flexibility index (Phi) is 8.29. The number of aromatic nitrogens is 2. The molecule has 0 unspecified atom stereocenters. The topological polar surface area (TPSA) is 157 Å². The van der Waals surface area contributed by atoms with E-state index in [4.69, 9.17) is 22.1 Å². The molecule has 0 atom stereocenters. The van der Waals surface area contributed by atoms with Crippen LogP contribution >= 0.6 is 22.9 Å². The first-order chi connectivity index (χ1) is 19.8. The molecule has 210 valence electrons. The van der Waals surface area contributed by atoms with E-state index in [1.807, 2.05) is 18.4 Å². The minimum Gasteiger partial charge on any atom is -0.493 e. The van der Waals surface area contributed by atoms with Gasteiger partial charge in [0.2, 0.25) is 0 Å². The number of amides is 2. The zero-order valence-electron chi connectivity index (χ0n) is 22.0. The highest BCUT2D eigenvalue weighted by Gasteiger charge is 2.27. The summed E-state index contributed by atoms with van der Waals surface area (Å²) >= 11 is 7.88. The average Bonchev–Trinajstić information content (AvgIpc) is 3.37. The van der Waals surface area contributed by atoms with E-state index in [-0.39, 0.29) is 45.5 Å². The maximum absolute atomic E-state index is 13.8. The number of hydrogen-bond acceptors (Lipinski definition) is 8. The Balaban J connectivity index is 1.66. The van der Waals surface area contributed by atoms with Gasteiger partial charge < -0.3 is 26.2 Å². The number of aromatic carboxylic acids is 1. The number of nitrogens with one attached hydrogen (secondary N) is 2. The summed E-state index contributed by atoms with van der Waals surface area (Å²) in [7, 11) is 0. The van der Waals surface area contributed by atoms with Crippen LogP contribution in [0.4, 0.5) is 5.82 Å². The summed E-state index contributed by atoms with van der Waals surface area (Å²) in [6.07, 6.45) is 2.91. The van der Waals surface area contributed by atoms with Gasteiger partial charge in [0, 0.05) is 52.8 Å². The predicted octanol–water partition coefficient (Wildman–Crippen LogP) is 5.01. The summed E-state index contributed by atoms with van der Waals surface area (Å²) in [6, 6.07) is 9.86. The number of thiophene rings is 1. The number of carboxylic acids is 1. The third-order valence-corrected chi connectivity index (χ3v) is 7.78. The van der Waals surface area contributed by atoms with Crippen LogP contribution in [0.5, 0.6) is 5.75 Å². The SMILES string of the molecule is CCCNC(=O)c1ccc(-c2cc3c(cc2C(=O)Nc2ncc(CN)cc2Cl)-c2sccc2CCO3)c(C(=O)O)n1. The van der Waals surface area contributed by atoms with Crippen molar-refractivity contribution in [2.75, 3.05) is 18.5 Å². The third-order valence-electron chi connectivity index (χ3n) is 6.51. The molecule has 5 rings (SSSR count). The zero-order chi connectivity index (χ0) is 29.1. The van der Waals surface area contributed by atoms with Crippen molar-refractivity contribution in [3.8, 4) is 27.3 Å². The lowest BCUT2D eigenvalue weighted by atomic mass is 9.93. The minimum absolute atomic E-state index is 0.0455. The Morgan fingerprint density at radius 3 is 2.68 bits per heavy atom. The largest absolute Gasteiger partial charge is 0.493 e. The van der Waals surface area contributed by atoms with E-state index < -0.39 is 17.8 Å². The molecule has 2 amide bonds. The van der Waals surface area contributed by atoms with Crippen LogP contribution in [0.2, 0.25) is 5.02 Å². The number of anilines is 1. The van der Waals surface area contributed by atoms with Gasteiger partial charge in [0.05, 0.1) is 11.6 Å². The molecular formula is C29H26ClN5O5S. The zero-order valence-corrected chi connectivity index (χ0v) is 23.6. The van der Waals surface area contributed by atoms with Crippen LogP contribution in [-0.2, 0) is 13.0 Å². The lowest BCUT2D eigenvalue weighted by molar-refractivity contribution is 0.0691. The first-order valence-corrected chi connectivity index (χ1v) is 14.1. The number of pyridine rings is 2. The standard InChI is InChI=1S/C29H26ClN5O5S/c1-2-7-32-28(37)22-4-3-17(24(34-22)29(38)39)18-12-23-20(25-16(5-8-40-23)6-9-41-25)11-19(18)27(36)35-26-21(30)10-15(13-31)14-33-26/h3-4,6,9-12,14H,2,5,7-8,13,31H2,1H3,(H,32,37)(H,38,39)(H,33,35,36). The molecule has 0 fully saturated rings. The van der Waals surface area contributed by atoms with Crippen molar-refractivity contribution in [1.82, 2.24) is 15.3 Å². The fourth-order valence-electron chi connectivity index (χ4n) is 4.48. The molecule has 5 N–H and O–H groups in total. The number of carbonyl (C=O) groups is 3.